The van der Waals surface area contributed by atoms with Crippen molar-refractivity contribution < 1.29 is 18.0 Å². The third kappa shape index (κ3) is 4.79. The third-order valence-corrected chi connectivity index (χ3v) is 5.15. The molecule has 11 heteroatoms. The summed E-state index contributed by atoms with van der Waals surface area (Å²) in [7, 11) is 0. The van der Waals surface area contributed by atoms with E-state index in [2.05, 4.69) is 15.5 Å². The van der Waals surface area contributed by atoms with E-state index in [0.717, 1.165) is 29.2 Å². The molecule has 2 heterocycles. The summed E-state index contributed by atoms with van der Waals surface area (Å²) in [6, 6.07) is 8.19. The van der Waals surface area contributed by atoms with Gasteiger partial charge in [0.1, 0.15) is 11.6 Å². The molecule has 1 amide bonds. The average Bonchev–Trinajstić information content (AvgIpc) is 3.33. The van der Waals surface area contributed by atoms with Gasteiger partial charge in [0.2, 0.25) is 5.91 Å². The molecule has 0 saturated heterocycles. The molecule has 158 valence electrons. The highest BCUT2D eigenvalue weighted by molar-refractivity contribution is 6.33. The van der Waals surface area contributed by atoms with Gasteiger partial charge in [0, 0.05) is 22.8 Å². The summed E-state index contributed by atoms with van der Waals surface area (Å²) < 4.78 is 41.6. The number of nitrogens with one attached hydrogen (secondary N) is 1. The van der Waals surface area contributed by atoms with Crippen molar-refractivity contribution in [3.8, 4) is 0 Å². The second-order valence-corrected chi connectivity index (χ2v) is 7.93. The number of benzene rings is 1. The minimum atomic E-state index is -4.56. The Morgan fingerprint density at radius 3 is 2.50 bits per heavy atom. The van der Waals surface area contributed by atoms with Gasteiger partial charge in [-0.1, -0.05) is 35.3 Å². The van der Waals surface area contributed by atoms with Crippen molar-refractivity contribution in [3.05, 3.63) is 63.5 Å². The molecule has 4 rings (SSSR count). The molecule has 30 heavy (non-hydrogen) atoms. The number of hydrogen-bond donors (Lipinski definition) is 1. The molecule has 1 aliphatic rings. The van der Waals surface area contributed by atoms with E-state index >= 15 is 0 Å². The van der Waals surface area contributed by atoms with Gasteiger partial charge >= 0.3 is 6.18 Å². The average molecular weight is 458 g/mol. The van der Waals surface area contributed by atoms with E-state index in [0.29, 0.717) is 17.3 Å². The Morgan fingerprint density at radius 1 is 1.17 bits per heavy atom. The van der Waals surface area contributed by atoms with Gasteiger partial charge in [-0.15, -0.1) is 0 Å². The first-order valence-corrected chi connectivity index (χ1v) is 9.87. The Labute approximate surface area is 179 Å². The van der Waals surface area contributed by atoms with E-state index in [1.165, 1.54) is 0 Å². The number of aromatic nitrogens is 4. The van der Waals surface area contributed by atoms with Crippen molar-refractivity contribution in [1.82, 2.24) is 19.6 Å². The van der Waals surface area contributed by atoms with Crippen LogP contribution in [0.2, 0.25) is 10.0 Å². The van der Waals surface area contributed by atoms with Crippen LogP contribution in [0.25, 0.3) is 0 Å². The molecular weight excluding hydrogens is 442 g/mol. The Bertz CT molecular complexity index is 1070. The van der Waals surface area contributed by atoms with Gasteiger partial charge in [-0.05, 0) is 36.6 Å². The van der Waals surface area contributed by atoms with E-state index < -0.39 is 17.8 Å². The van der Waals surface area contributed by atoms with E-state index in [1.54, 1.807) is 23.0 Å². The first-order valence-electron chi connectivity index (χ1n) is 9.11. The number of amides is 1. The summed E-state index contributed by atoms with van der Waals surface area (Å²) in [5.74, 6) is -0.428. The van der Waals surface area contributed by atoms with Crippen molar-refractivity contribution in [1.29, 1.82) is 0 Å². The van der Waals surface area contributed by atoms with Gasteiger partial charge in [0.15, 0.2) is 11.5 Å². The number of alkyl halides is 3. The standard InChI is InChI=1S/C19H16Cl2F3N5O/c20-13-5-1-11(2-6-13)8-28-9-14(21)18(27-28)25-17(30)10-29-15(12-3-4-12)7-16(26-29)19(22,23)24/h1-2,5-7,9,12H,3-4,8,10H2,(H,25,27,30). The second-order valence-electron chi connectivity index (χ2n) is 7.08. The molecule has 3 aromatic rings. The summed E-state index contributed by atoms with van der Waals surface area (Å²) in [6.07, 6.45) is -1.44. The van der Waals surface area contributed by atoms with Crippen molar-refractivity contribution in [3.63, 3.8) is 0 Å². The fraction of sp³-hybridized carbons (Fsp3) is 0.316. The summed E-state index contributed by atoms with van der Waals surface area (Å²) in [6.45, 7) is 0.0506. The number of carbonyl (C=O) groups is 1. The zero-order valence-corrected chi connectivity index (χ0v) is 17.0. The Balaban J connectivity index is 1.45. The second kappa shape index (κ2) is 7.96. The lowest BCUT2D eigenvalue weighted by molar-refractivity contribution is -0.141. The van der Waals surface area contributed by atoms with Crippen LogP contribution in [0.1, 0.15) is 35.7 Å². The smallest absolute Gasteiger partial charge is 0.306 e. The molecule has 6 nitrogen and oxygen atoms in total. The predicted molar refractivity (Wildman–Crippen MR) is 106 cm³/mol. The maximum Gasteiger partial charge on any atom is 0.435 e. The first kappa shape index (κ1) is 20.7. The number of hydrogen-bond acceptors (Lipinski definition) is 3. The minimum Gasteiger partial charge on any atom is -0.306 e. The van der Waals surface area contributed by atoms with Crippen LogP contribution in [0.3, 0.4) is 0 Å². The van der Waals surface area contributed by atoms with Crippen LogP contribution in [-0.2, 0) is 24.1 Å². The quantitative estimate of drug-likeness (QED) is 0.568. The van der Waals surface area contributed by atoms with E-state index in [1.807, 2.05) is 12.1 Å². The fourth-order valence-electron chi connectivity index (χ4n) is 3.05. The normalized spacial score (nSPS) is 14.2. The molecule has 0 unspecified atom stereocenters. The maximum absolute atomic E-state index is 13.0. The number of halogens is 5. The van der Waals surface area contributed by atoms with Crippen molar-refractivity contribution >= 4 is 34.9 Å². The Kier molecular flexibility index (Phi) is 5.50. The van der Waals surface area contributed by atoms with Gasteiger partial charge in [-0.2, -0.15) is 23.4 Å². The van der Waals surface area contributed by atoms with Crippen molar-refractivity contribution in [2.45, 2.75) is 38.0 Å². The van der Waals surface area contributed by atoms with Crippen molar-refractivity contribution in [2.24, 2.45) is 0 Å². The molecule has 0 radical (unpaired) electrons. The largest absolute Gasteiger partial charge is 0.435 e. The van der Waals surface area contributed by atoms with Crippen LogP contribution in [-0.4, -0.2) is 25.5 Å². The predicted octanol–water partition coefficient (Wildman–Crippen LogP) is 4.97. The van der Waals surface area contributed by atoms with Crippen LogP contribution >= 0.6 is 23.2 Å². The van der Waals surface area contributed by atoms with Crippen LogP contribution in [0.5, 0.6) is 0 Å². The lowest BCUT2D eigenvalue weighted by Gasteiger charge is -2.07. The van der Waals surface area contributed by atoms with Gasteiger partial charge in [-0.25, -0.2) is 0 Å². The zero-order valence-electron chi connectivity index (χ0n) is 15.5. The molecule has 1 N–H and O–H groups in total. The van der Waals surface area contributed by atoms with E-state index in [4.69, 9.17) is 23.2 Å². The number of rotatable bonds is 6. The van der Waals surface area contributed by atoms with Gasteiger partial charge < -0.3 is 5.32 Å². The van der Waals surface area contributed by atoms with Crippen molar-refractivity contribution in [2.75, 3.05) is 5.32 Å². The highest BCUT2D eigenvalue weighted by atomic mass is 35.5. The van der Waals surface area contributed by atoms with E-state index in [9.17, 15) is 18.0 Å². The highest BCUT2D eigenvalue weighted by Gasteiger charge is 2.38. The van der Waals surface area contributed by atoms with Gasteiger partial charge in [0.25, 0.3) is 0 Å². The lowest BCUT2D eigenvalue weighted by Crippen LogP contribution is -2.21. The molecule has 1 aromatic carbocycles. The molecular formula is C19H16Cl2F3N5O. The van der Waals surface area contributed by atoms with Crippen LogP contribution < -0.4 is 5.32 Å². The molecule has 0 atom stereocenters. The molecule has 1 saturated carbocycles. The van der Waals surface area contributed by atoms with Crippen LogP contribution in [0.15, 0.2) is 36.5 Å². The summed E-state index contributed by atoms with van der Waals surface area (Å²) in [5, 5.41) is 11.2. The maximum atomic E-state index is 13.0. The Morgan fingerprint density at radius 2 is 1.87 bits per heavy atom. The summed E-state index contributed by atoms with van der Waals surface area (Å²) in [4.78, 5) is 12.4. The van der Waals surface area contributed by atoms with E-state index in [-0.39, 0.29) is 23.3 Å². The lowest BCUT2D eigenvalue weighted by atomic mass is 10.2. The van der Waals surface area contributed by atoms with Gasteiger partial charge in [-0.3, -0.25) is 14.2 Å². The third-order valence-electron chi connectivity index (χ3n) is 4.62. The van der Waals surface area contributed by atoms with Crippen LogP contribution in [0, 0.1) is 0 Å². The zero-order chi connectivity index (χ0) is 21.5. The molecule has 0 spiro atoms. The monoisotopic (exact) mass is 457 g/mol. The molecule has 1 fully saturated rings. The van der Waals surface area contributed by atoms with Gasteiger partial charge in [0.05, 0.1) is 6.54 Å². The number of carbonyl (C=O) groups excluding carboxylic acids is 1. The number of anilines is 1. The summed E-state index contributed by atoms with van der Waals surface area (Å²) >= 11 is 12.0. The van der Waals surface area contributed by atoms with Crippen LogP contribution in [0.4, 0.5) is 19.0 Å². The highest BCUT2D eigenvalue weighted by Crippen LogP contribution is 2.42. The topological polar surface area (TPSA) is 64.7 Å². The fourth-order valence-corrected chi connectivity index (χ4v) is 3.38. The molecule has 1 aliphatic carbocycles. The molecule has 0 aliphatic heterocycles. The first-order chi connectivity index (χ1) is 14.2. The summed E-state index contributed by atoms with van der Waals surface area (Å²) in [5.41, 5.74) is 0.348. The number of nitrogens with zero attached hydrogens (tertiary/aromatic N) is 4. The Hall–Kier alpha value is -2.52. The SMILES string of the molecule is O=C(Cn1nc(C(F)(F)F)cc1C1CC1)Nc1nn(Cc2ccc(Cl)cc2)cc1Cl. The minimum absolute atomic E-state index is 0.00331. The molecule has 0 bridgehead atoms. The molecule has 2 aromatic heterocycles.